The quantitative estimate of drug-likeness (QED) is 0.276. The van der Waals surface area contributed by atoms with Crippen molar-refractivity contribution in [1.29, 1.82) is 0 Å². The van der Waals surface area contributed by atoms with Crippen LogP contribution < -0.4 is 4.72 Å². The number of anilines is 1. The Morgan fingerprint density at radius 2 is 1.72 bits per heavy atom. The third-order valence-corrected chi connectivity index (χ3v) is 7.78. The van der Waals surface area contributed by atoms with E-state index in [1.807, 2.05) is 32.0 Å². The molecule has 192 valence electrons. The van der Waals surface area contributed by atoms with E-state index >= 15 is 0 Å². The Balaban J connectivity index is 1.76. The van der Waals surface area contributed by atoms with Crippen molar-refractivity contribution in [2.24, 2.45) is 4.99 Å². The van der Waals surface area contributed by atoms with Crippen molar-refractivity contribution in [3.63, 3.8) is 0 Å². The fraction of sp³-hybridized carbons (Fsp3) is 0.321. The van der Waals surface area contributed by atoms with E-state index in [0.29, 0.717) is 17.1 Å². The first kappa shape index (κ1) is 27.1. The number of rotatable bonds is 9. The third-order valence-electron chi connectivity index (χ3n) is 6.37. The highest BCUT2D eigenvalue weighted by molar-refractivity contribution is 7.92. The van der Waals surface area contributed by atoms with E-state index in [0.717, 1.165) is 60.7 Å². The van der Waals surface area contributed by atoms with Gasteiger partial charge in [0.05, 0.1) is 18.5 Å². The van der Waals surface area contributed by atoms with Crippen LogP contribution in [0.4, 0.5) is 11.4 Å². The zero-order chi connectivity index (χ0) is 26.5. The van der Waals surface area contributed by atoms with Gasteiger partial charge in [0, 0.05) is 49.3 Å². The second-order valence-electron chi connectivity index (χ2n) is 8.79. The zero-order valence-corrected chi connectivity index (χ0v) is 22.5. The minimum atomic E-state index is -3.82. The second-order valence-corrected chi connectivity index (χ2v) is 10.4. The minimum absolute atomic E-state index is 0.151. The summed E-state index contributed by atoms with van der Waals surface area (Å²) < 4.78 is 34.3. The highest BCUT2D eigenvalue weighted by Crippen LogP contribution is 2.31. The van der Waals surface area contributed by atoms with Gasteiger partial charge in [0.25, 0.3) is 10.0 Å². The van der Waals surface area contributed by atoms with Gasteiger partial charge < -0.3 is 14.5 Å². The maximum atomic E-state index is 13.2. The average Bonchev–Trinajstić information content (AvgIpc) is 3.10. The molecule has 0 unspecified atom stereocenters. The number of nitrogens with one attached hydrogen (secondary N) is 1. The monoisotopic (exact) mass is 508 g/mol. The lowest BCUT2D eigenvalue weighted by Crippen LogP contribution is -2.30. The topological polar surface area (TPSA) is 74.2 Å². The molecule has 1 saturated heterocycles. The molecule has 1 fully saturated rings. The molecule has 0 aromatic heterocycles. The molecule has 1 aliphatic rings. The number of para-hydroxylation sites is 1. The standard InChI is InChI=1S/C28H36N4O3S/c1-8-29-28-20(2)11-9-12-27(28)36(33,34)30-25-13-14-26(21(3)19-25)23(5)32-16-10-15-31(17-18-32)22(4)24(6)35-7/h8-9,11-14,19,30H,4-6,10,15-18H2,1-3,7H3. The molecule has 7 nitrogen and oxygen atoms in total. The number of aliphatic imine (C=N–C) groups is 1. The maximum Gasteiger partial charge on any atom is 0.264 e. The molecule has 1 aliphatic heterocycles. The van der Waals surface area contributed by atoms with Crippen LogP contribution in [0.2, 0.25) is 0 Å². The molecule has 2 aromatic carbocycles. The summed E-state index contributed by atoms with van der Waals surface area (Å²) in [6.07, 6.45) is 2.54. The Kier molecular flexibility index (Phi) is 8.63. The zero-order valence-electron chi connectivity index (χ0n) is 21.7. The molecule has 1 N–H and O–H groups in total. The first-order valence-electron chi connectivity index (χ1n) is 11.9. The van der Waals surface area contributed by atoms with Crippen molar-refractivity contribution in [2.45, 2.75) is 32.1 Å². The SMILES string of the molecule is C=C(OC)C(=C)N1CCCN(C(=C)c2ccc(NS(=O)(=O)c3cccc(C)c3N=CC)cc2C)CC1. The van der Waals surface area contributed by atoms with E-state index in [1.54, 1.807) is 38.4 Å². The molecule has 3 rings (SSSR count). The van der Waals surface area contributed by atoms with E-state index < -0.39 is 10.0 Å². The lowest BCUT2D eigenvalue weighted by atomic mass is 10.0. The Morgan fingerprint density at radius 1 is 1.03 bits per heavy atom. The number of methoxy groups -OCH3 is 1. The Bertz CT molecular complexity index is 1300. The largest absolute Gasteiger partial charge is 0.495 e. The summed E-state index contributed by atoms with van der Waals surface area (Å²) in [5, 5.41) is 0. The van der Waals surface area contributed by atoms with Crippen molar-refractivity contribution < 1.29 is 13.2 Å². The van der Waals surface area contributed by atoms with Crippen molar-refractivity contribution in [3.05, 3.63) is 84.3 Å². The number of aryl methyl sites for hydroxylation is 2. The lowest BCUT2D eigenvalue weighted by Gasteiger charge is -2.28. The molecule has 0 spiro atoms. The van der Waals surface area contributed by atoms with E-state index in [9.17, 15) is 8.42 Å². The highest BCUT2D eigenvalue weighted by atomic mass is 32.2. The molecular formula is C28H36N4O3S. The van der Waals surface area contributed by atoms with E-state index in [-0.39, 0.29) is 4.90 Å². The molecular weight excluding hydrogens is 472 g/mol. The van der Waals surface area contributed by atoms with Crippen LogP contribution >= 0.6 is 0 Å². The lowest BCUT2D eigenvalue weighted by molar-refractivity contribution is 0.260. The second kappa shape index (κ2) is 11.5. The van der Waals surface area contributed by atoms with Crippen molar-refractivity contribution >= 4 is 33.3 Å². The van der Waals surface area contributed by atoms with Gasteiger partial charge in [-0.2, -0.15) is 0 Å². The van der Waals surface area contributed by atoms with Gasteiger partial charge in [-0.3, -0.25) is 9.71 Å². The molecule has 36 heavy (non-hydrogen) atoms. The molecule has 2 aromatic rings. The van der Waals surface area contributed by atoms with Crippen LogP contribution in [0.15, 0.2) is 77.5 Å². The van der Waals surface area contributed by atoms with Gasteiger partial charge in [-0.05, 0) is 56.5 Å². The fourth-order valence-electron chi connectivity index (χ4n) is 4.33. The molecule has 0 atom stereocenters. The van der Waals surface area contributed by atoms with Crippen LogP contribution in [-0.2, 0) is 14.8 Å². The molecule has 0 aliphatic carbocycles. The van der Waals surface area contributed by atoms with Crippen LogP contribution in [-0.4, -0.2) is 57.7 Å². The first-order valence-corrected chi connectivity index (χ1v) is 13.4. The van der Waals surface area contributed by atoms with Crippen molar-refractivity contribution in [2.75, 3.05) is 38.0 Å². The number of benzene rings is 2. The molecule has 0 amide bonds. The van der Waals surface area contributed by atoms with Crippen molar-refractivity contribution in [1.82, 2.24) is 9.80 Å². The molecule has 0 bridgehead atoms. The van der Waals surface area contributed by atoms with Crippen molar-refractivity contribution in [3.8, 4) is 0 Å². The summed E-state index contributed by atoms with van der Waals surface area (Å²) in [5.41, 5.74) is 5.38. The molecule has 8 heteroatoms. The normalized spacial score (nSPS) is 14.4. The van der Waals surface area contributed by atoms with Crippen LogP contribution in [0.3, 0.4) is 0 Å². The van der Waals surface area contributed by atoms with Gasteiger partial charge in [-0.25, -0.2) is 8.42 Å². The van der Waals surface area contributed by atoms with Gasteiger partial charge >= 0.3 is 0 Å². The van der Waals surface area contributed by atoms with E-state index in [2.05, 4.69) is 39.3 Å². The first-order chi connectivity index (χ1) is 17.1. The van der Waals surface area contributed by atoms with E-state index in [4.69, 9.17) is 4.74 Å². The summed E-state index contributed by atoms with van der Waals surface area (Å²) in [6.45, 7) is 21.3. The van der Waals surface area contributed by atoms with Gasteiger partial charge in [-0.1, -0.05) is 37.9 Å². The Labute approximate surface area is 215 Å². The summed E-state index contributed by atoms with van der Waals surface area (Å²) in [6, 6.07) is 10.7. The molecule has 0 radical (unpaired) electrons. The Morgan fingerprint density at radius 3 is 2.39 bits per heavy atom. The number of nitrogens with zero attached hydrogens (tertiary/aromatic N) is 3. The highest BCUT2D eigenvalue weighted by Gasteiger charge is 2.22. The summed E-state index contributed by atoms with van der Waals surface area (Å²) in [5.74, 6) is 0.579. The predicted octanol–water partition coefficient (Wildman–Crippen LogP) is 5.48. The van der Waals surface area contributed by atoms with E-state index in [1.165, 1.54) is 0 Å². The molecule has 1 heterocycles. The van der Waals surface area contributed by atoms with Crippen LogP contribution in [0.5, 0.6) is 0 Å². The van der Waals surface area contributed by atoms with Gasteiger partial charge in [0.15, 0.2) is 0 Å². The summed E-state index contributed by atoms with van der Waals surface area (Å²) in [7, 11) is -2.21. The average molecular weight is 509 g/mol. The van der Waals surface area contributed by atoms with Gasteiger partial charge in [-0.15, -0.1) is 0 Å². The number of hydrogen-bond donors (Lipinski definition) is 1. The van der Waals surface area contributed by atoms with Crippen LogP contribution in [0, 0.1) is 13.8 Å². The minimum Gasteiger partial charge on any atom is -0.495 e. The summed E-state index contributed by atoms with van der Waals surface area (Å²) >= 11 is 0. The maximum absolute atomic E-state index is 13.2. The number of ether oxygens (including phenoxy) is 1. The third kappa shape index (κ3) is 5.99. The van der Waals surface area contributed by atoms with Gasteiger partial charge in [0.1, 0.15) is 10.7 Å². The summed E-state index contributed by atoms with van der Waals surface area (Å²) in [4.78, 5) is 8.88. The number of hydrogen-bond acceptors (Lipinski definition) is 6. The van der Waals surface area contributed by atoms with Crippen LogP contribution in [0.1, 0.15) is 30.0 Å². The van der Waals surface area contributed by atoms with Crippen LogP contribution in [0.25, 0.3) is 5.70 Å². The smallest absolute Gasteiger partial charge is 0.264 e. The fourth-order valence-corrected chi connectivity index (χ4v) is 5.60. The number of sulfonamides is 1. The predicted molar refractivity (Wildman–Crippen MR) is 149 cm³/mol. The Hall–Kier alpha value is -3.52. The van der Waals surface area contributed by atoms with Gasteiger partial charge in [0.2, 0.25) is 0 Å². The molecule has 0 saturated carbocycles.